The Hall–Kier alpha value is -2.83. The van der Waals surface area contributed by atoms with Crippen molar-refractivity contribution in [3.63, 3.8) is 0 Å². The van der Waals surface area contributed by atoms with Crippen molar-refractivity contribution in [2.45, 2.75) is 24.9 Å². The van der Waals surface area contributed by atoms with Crippen molar-refractivity contribution < 1.29 is 13.2 Å². The molecule has 1 fully saturated rings. The third-order valence-corrected chi connectivity index (χ3v) is 4.92. The van der Waals surface area contributed by atoms with Gasteiger partial charge < -0.3 is 15.2 Å². The number of pyridine rings is 1. The van der Waals surface area contributed by atoms with Gasteiger partial charge in [0.2, 0.25) is 5.95 Å². The second kappa shape index (κ2) is 7.89. The number of rotatable bonds is 3. The summed E-state index contributed by atoms with van der Waals surface area (Å²) in [4.78, 5) is 10.4. The van der Waals surface area contributed by atoms with E-state index in [1.165, 1.54) is 18.3 Å². The number of piperidine rings is 1. The highest BCUT2D eigenvalue weighted by Gasteiger charge is 2.42. The van der Waals surface area contributed by atoms with Crippen molar-refractivity contribution in [1.82, 2.24) is 14.5 Å². The molecule has 2 N–H and O–H groups in total. The maximum Gasteiger partial charge on any atom is 0.266 e. The van der Waals surface area contributed by atoms with Gasteiger partial charge in [-0.15, -0.1) is 12.4 Å². The fourth-order valence-corrected chi connectivity index (χ4v) is 3.35. The van der Waals surface area contributed by atoms with Crippen molar-refractivity contribution in [2.75, 3.05) is 18.0 Å². The Kier molecular flexibility index (Phi) is 5.68. The van der Waals surface area contributed by atoms with Crippen molar-refractivity contribution in [1.29, 1.82) is 5.26 Å². The topological polar surface area (TPSA) is 83.8 Å². The molecule has 1 atom stereocenters. The first-order valence-electron chi connectivity index (χ1n) is 8.76. The minimum absolute atomic E-state index is 0. The molecule has 6 nitrogen and oxygen atoms in total. The van der Waals surface area contributed by atoms with Gasteiger partial charge in [-0.2, -0.15) is 5.26 Å². The molecule has 0 spiro atoms. The Morgan fingerprint density at radius 1 is 1.28 bits per heavy atom. The summed E-state index contributed by atoms with van der Waals surface area (Å²) < 4.78 is 43.1. The van der Waals surface area contributed by atoms with Crippen LogP contribution in [-0.4, -0.2) is 39.6 Å². The minimum Gasteiger partial charge on any atom is -0.340 e. The summed E-state index contributed by atoms with van der Waals surface area (Å²) in [5, 5.41) is 8.91. The van der Waals surface area contributed by atoms with Crippen LogP contribution >= 0.6 is 12.4 Å². The van der Waals surface area contributed by atoms with E-state index < -0.39 is 17.8 Å². The van der Waals surface area contributed by atoms with Crippen LogP contribution in [0.2, 0.25) is 0 Å². The van der Waals surface area contributed by atoms with Crippen LogP contribution < -0.4 is 10.6 Å². The van der Waals surface area contributed by atoms with Crippen LogP contribution in [0.25, 0.3) is 11.0 Å². The molecule has 3 heterocycles. The number of fused-ring (bicyclic) bond motifs is 1. The van der Waals surface area contributed by atoms with Crippen LogP contribution in [0.5, 0.6) is 0 Å². The van der Waals surface area contributed by atoms with Crippen LogP contribution in [0.3, 0.4) is 0 Å². The molecule has 1 aliphatic heterocycles. The van der Waals surface area contributed by atoms with E-state index in [9.17, 15) is 13.2 Å². The largest absolute Gasteiger partial charge is 0.340 e. The molecule has 152 valence electrons. The van der Waals surface area contributed by atoms with Gasteiger partial charge in [0.1, 0.15) is 11.9 Å². The highest BCUT2D eigenvalue weighted by molar-refractivity contribution is 5.85. The predicted octanol–water partition coefficient (Wildman–Crippen LogP) is 3.08. The zero-order valence-corrected chi connectivity index (χ0v) is 16.0. The molecule has 0 radical (unpaired) electrons. The van der Waals surface area contributed by atoms with Gasteiger partial charge in [0.15, 0.2) is 0 Å². The lowest BCUT2D eigenvalue weighted by Gasteiger charge is -2.37. The zero-order chi connectivity index (χ0) is 19.9. The van der Waals surface area contributed by atoms with Gasteiger partial charge in [-0.25, -0.2) is 18.2 Å². The molecule has 0 bridgehead atoms. The maximum atomic E-state index is 13.8. The Balaban J connectivity index is 0.00000240. The van der Waals surface area contributed by atoms with E-state index >= 15 is 0 Å². The molecule has 10 heteroatoms. The molecule has 2 aromatic heterocycles. The lowest BCUT2D eigenvalue weighted by atomic mass is 10.0. The molecule has 0 saturated carbocycles. The van der Waals surface area contributed by atoms with Crippen LogP contribution in [0.4, 0.5) is 19.1 Å². The average molecular weight is 423 g/mol. The fraction of sp³-hybridized carbons (Fsp3) is 0.316. The van der Waals surface area contributed by atoms with E-state index in [0.29, 0.717) is 34.8 Å². The van der Waals surface area contributed by atoms with Crippen molar-refractivity contribution in [3.05, 3.63) is 53.6 Å². The number of alkyl halides is 2. The van der Waals surface area contributed by atoms with Crippen LogP contribution in [0, 0.1) is 17.1 Å². The summed E-state index contributed by atoms with van der Waals surface area (Å²) in [7, 11) is 0. The van der Waals surface area contributed by atoms with Gasteiger partial charge in [0, 0.05) is 31.8 Å². The van der Waals surface area contributed by atoms with Gasteiger partial charge in [-0.3, -0.25) is 4.98 Å². The summed E-state index contributed by atoms with van der Waals surface area (Å²) in [6.07, 6.45) is 1.09. The summed E-state index contributed by atoms with van der Waals surface area (Å²) >= 11 is 0. The Labute approximate surface area is 171 Å². The average Bonchev–Trinajstić information content (AvgIpc) is 3.02. The number of imidazole rings is 1. The number of anilines is 1. The number of nitrogens with two attached hydrogens (primary N) is 1. The highest BCUT2D eigenvalue weighted by atomic mass is 35.5. The second-order valence-electron chi connectivity index (χ2n) is 6.84. The van der Waals surface area contributed by atoms with E-state index in [1.807, 2.05) is 6.07 Å². The quantitative estimate of drug-likeness (QED) is 0.701. The smallest absolute Gasteiger partial charge is 0.266 e. The number of nitrogens with zero attached hydrogens (tertiary/aromatic N) is 5. The SMILES string of the molecule is Cl.N#Cc1ccc(Cn2c(N3CCC(F)(F)[C@H](N)C3)nc3cc(F)ccc32)nc1. The summed E-state index contributed by atoms with van der Waals surface area (Å²) in [5.41, 5.74) is 7.85. The van der Waals surface area contributed by atoms with Crippen LogP contribution in [-0.2, 0) is 6.54 Å². The maximum absolute atomic E-state index is 13.8. The summed E-state index contributed by atoms with van der Waals surface area (Å²) in [6, 6.07) is 8.30. The molecule has 3 aromatic rings. The van der Waals surface area contributed by atoms with Crippen molar-refractivity contribution in [3.8, 4) is 6.07 Å². The predicted molar refractivity (Wildman–Crippen MR) is 105 cm³/mol. The lowest BCUT2D eigenvalue weighted by molar-refractivity contribution is -0.0395. The van der Waals surface area contributed by atoms with Crippen molar-refractivity contribution >= 4 is 29.4 Å². The van der Waals surface area contributed by atoms with Gasteiger partial charge >= 0.3 is 0 Å². The van der Waals surface area contributed by atoms with E-state index in [0.717, 1.165) is 0 Å². The molecule has 1 aromatic carbocycles. The van der Waals surface area contributed by atoms with E-state index in [1.54, 1.807) is 27.7 Å². The monoisotopic (exact) mass is 422 g/mol. The van der Waals surface area contributed by atoms with E-state index in [4.69, 9.17) is 11.0 Å². The third-order valence-electron chi connectivity index (χ3n) is 4.92. The fourth-order valence-electron chi connectivity index (χ4n) is 3.35. The molecular weight excluding hydrogens is 405 g/mol. The number of aromatic nitrogens is 3. The van der Waals surface area contributed by atoms with E-state index in [2.05, 4.69) is 9.97 Å². The summed E-state index contributed by atoms with van der Waals surface area (Å²) in [5.74, 6) is -2.91. The molecule has 4 rings (SSSR count). The van der Waals surface area contributed by atoms with Gasteiger partial charge in [0.25, 0.3) is 5.92 Å². The zero-order valence-electron chi connectivity index (χ0n) is 15.2. The standard InChI is InChI=1S/C19H17F3N6.ClH/c20-13-2-4-16-15(7-13)26-18(27-6-5-19(21,22)17(24)11-27)28(16)10-14-3-1-12(8-23)9-25-14;/h1-4,7,9,17H,5-6,10-11,24H2;1H/t17-;/m1./s1. The Bertz CT molecular complexity index is 1060. The molecular formula is C19H18ClF3N6. The number of halogens is 4. The molecule has 1 aliphatic rings. The molecule has 0 unspecified atom stereocenters. The van der Waals surface area contributed by atoms with Gasteiger partial charge in [-0.1, -0.05) is 0 Å². The Morgan fingerprint density at radius 2 is 2.07 bits per heavy atom. The van der Waals surface area contributed by atoms with Gasteiger partial charge in [-0.05, 0) is 24.3 Å². The molecule has 0 amide bonds. The first-order chi connectivity index (χ1) is 13.4. The highest BCUT2D eigenvalue weighted by Crippen LogP contribution is 2.31. The summed E-state index contributed by atoms with van der Waals surface area (Å²) in [6.45, 7) is 0.332. The van der Waals surface area contributed by atoms with Crippen LogP contribution in [0.1, 0.15) is 17.7 Å². The number of hydrogen-bond donors (Lipinski definition) is 1. The second-order valence-corrected chi connectivity index (χ2v) is 6.84. The first-order valence-corrected chi connectivity index (χ1v) is 8.76. The number of hydrogen-bond acceptors (Lipinski definition) is 5. The minimum atomic E-state index is -2.92. The van der Waals surface area contributed by atoms with Gasteiger partial charge in [0.05, 0.1) is 34.9 Å². The molecule has 0 aliphatic carbocycles. The van der Waals surface area contributed by atoms with E-state index in [-0.39, 0.29) is 31.9 Å². The third kappa shape index (κ3) is 3.99. The van der Waals surface area contributed by atoms with Crippen LogP contribution in [0.15, 0.2) is 36.5 Å². The lowest BCUT2D eigenvalue weighted by Crippen LogP contribution is -2.55. The number of nitriles is 1. The number of benzene rings is 1. The molecule has 1 saturated heterocycles. The molecule has 29 heavy (non-hydrogen) atoms. The first kappa shape index (κ1) is 20.9. The normalized spacial score (nSPS) is 18.3. The Morgan fingerprint density at radius 3 is 2.72 bits per heavy atom. The van der Waals surface area contributed by atoms with Crippen molar-refractivity contribution in [2.24, 2.45) is 5.73 Å².